The maximum absolute atomic E-state index is 14.1. The molecule has 0 fully saturated rings. The molecule has 1 aliphatic rings. The lowest BCUT2D eigenvalue weighted by Gasteiger charge is -2.22. The number of fused-ring (bicyclic) bond motifs is 3. The van der Waals surface area contributed by atoms with Gasteiger partial charge in [-0.15, -0.1) is 0 Å². The van der Waals surface area contributed by atoms with Crippen molar-refractivity contribution in [3.63, 3.8) is 0 Å². The minimum absolute atomic E-state index is 0.162. The first-order chi connectivity index (χ1) is 18.0. The zero-order chi connectivity index (χ0) is 25.4. The van der Waals surface area contributed by atoms with Crippen molar-refractivity contribution in [2.75, 3.05) is 6.61 Å². The lowest BCUT2D eigenvalue weighted by Crippen LogP contribution is -2.24. The highest BCUT2D eigenvalue weighted by Gasteiger charge is 2.25. The topological polar surface area (TPSA) is 47.3 Å². The van der Waals surface area contributed by atoms with Gasteiger partial charge in [0.1, 0.15) is 5.82 Å². The van der Waals surface area contributed by atoms with Gasteiger partial charge in [0.25, 0.3) is 0 Å². The smallest absolute Gasteiger partial charge is 0.123 e. The maximum Gasteiger partial charge on any atom is 0.123 e. The fourth-order valence-electron chi connectivity index (χ4n) is 5.16. The third-order valence-corrected chi connectivity index (χ3v) is 7.71. The Bertz CT molecular complexity index is 1570. The van der Waals surface area contributed by atoms with Crippen LogP contribution in [0.2, 0.25) is 0 Å². The molecule has 2 unspecified atom stereocenters. The van der Waals surface area contributed by atoms with Crippen molar-refractivity contribution < 1.29 is 14.2 Å². The first-order valence-corrected chi connectivity index (χ1v) is 13.2. The van der Waals surface area contributed by atoms with E-state index in [9.17, 15) is 9.50 Å². The SMILES string of the molecule is OC(COC1Cc2ccc(F)cc2Cc2cc3cccc(Br)c3cc21)Cn1cc(-c2ccccc2)cn1. The summed E-state index contributed by atoms with van der Waals surface area (Å²) < 4.78 is 23.3. The summed E-state index contributed by atoms with van der Waals surface area (Å²) in [6.07, 6.45) is 4.02. The van der Waals surface area contributed by atoms with Gasteiger partial charge in [0.15, 0.2) is 0 Å². The minimum Gasteiger partial charge on any atom is -0.389 e. The summed E-state index contributed by atoms with van der Waals surface area (Å²) in [6.45, 7) is 0.493. The molecule has 6 heteroatoms. The number of hydrogen-bond acceptors (Lipinski definition) is 3. The van der Waals surface area contributed by atoms with Crippen molar-refractivity contribution in [1.82, 2.24) is 9.78 Å². The number of aliphatic hydroxyl groups is 1. The predicted octanol–water partition coefficient (Wildman–Crippen LogP) is 6.87. The van der Waals surface area contributed by atoms with Crippen LogP contribution in [0.3, 0.4) is 0 Å². The zero-order valence-electron chi connectivity index (χ0n) is 20.1. The van der Waals surface area contributed by atoms with Gasteiger partial charge in [-0.25, -0.2) is 4.39 Å². The van der Waals surface area contributed by atoms with E-state index in [4.69, 9.17) is 4.74 Å². The molecule has 6 rings (SSSR count). The molecule has 0 bridgehead atoms. The predicted molar refractivity (Wildman–Crippen MR) is 147 cm³/mol. The lowest BCUT2D eigenvalue weighted by molar-refractivity contribution is -0.0170. The molecule has 0 amide bonds. The van der Waals surface area contributed by atoms with E-state index in [0.29, 0.717) is 19.4 Å². The van der Waals surface area contributed by atoms with Crippen LogP contribution in [0, 0.1) is 5.82 Å². The highest BCUT2D eigenvalue weighted by molar-refractivity contribution is 9.10. The zero-order valence-corrected chi connectivity index (χ0v) is 21.7. The van der Waals surface area contributed by atoms with E-state index in [1.54, 1.807) is 10.7 Å². The molecule has 4 aromatic carbocycles. The molecule has 5 aromatic rings. The third-order valence-electron chi connectivity index (χ3n) is 7.02. The molecule has 0 radical (unpaired) electrons. The number of ether oxygens (including phenoxy) is 1. The molecule has 37 heavy (non-hydrogen) atoms. The molecule has 1 aromatic heterocycles. The Balaban J connectivity index is 1.25. The number of hydrogen-bond donors (Lipinski definition) is 1. The summed E-state index contributed by atoms with van der Waals surface area (Å²) in [5.41, 5.74) is 6.34. The van der Waals surface area contributed by atoms with Gasteiger partial charge < -0.3 is 9.84 Å². The number of nitrogens with zero attached hydrogens (tertiary/aromatic N) is 2. The van der Waals surface area contributed by atoms with Crippen LogP contribution in [0.15, 0.2) is 95.7 Å². The fraction of sp³-hybridized carbons (Fsp3) is 0.194. The minimum atomic E-state index is -0.727. The number of rotatable bonds is 6. The van der Waals surface area contributed by atoms with Crippen molar-refractivity contribution in [3.8, 4) is 11.1 Å². The summed E-state index contributed by atoms with van der Waals surface area (Å²) in [4.78, 5) is 0. The van der Waals surface area contributed by atoms with Crippen LogP contribution < -0.4 is 0 Å². The molecule has 0 saturated carbocycles. The highest BCUT2D eigenvalue weighted by atomic mass is 79.9. The van der Waals surface area contributed by atoms with E-state index in [0.717, 1.165) is 48.6 Å². The average molecular weight is 557 g/mol. The van der Waals surface area contributed by atoms with Gasteiger partial charge in [-0.3, -0.25) is 4.68 Å². The van der Waals surface area contributed by atoms with Gasteiger partial charge in [-0.2, -0.15) is 5.10 Å². The van der Waals surface area contributed by atoms with Crippen molar-refractivity contribution >= 4 is 26.7 Å². The summed E-state index contributed by atoms with van der Waals surface area (Å²) in [7, 11) is 0. The first-order valence-electron chi connectivity index (χ1n) is 12.4. The molecule has 0 aliphatic heterocycles. The van der Waals surface area contributed by atoms with Crippen LogP contribution >= 0.6 is 15.9 Å². The van der Waals surface area contributed by atoms with Gasteiger partial charge in [-0.1, -0.05) is 70.5 Å². The van der Waals surface area contributed by atoms with Crippen LogP contribution in [0.5, 0.6) is 0 Å². The molecule has 1 aliphatic carbocycles. The van der Waals surface area contributed by atoms with E-state index < -0.39 is 6.10 Å². The van der Waals surface area contributed by atoms with E-state index in [-0.39, 0.29) is 18.5 Å². The second kappa shape index (κ2) is 10.2. The molecule has 0 saturated heterocycles. The molecular formula is C31H26BrFN2O2. The standard InChI is InChI=1S/C31H26BrFN2O2/c32-30-8-4-7-22-11-24-12-23-13-26(33)10-9-21(23)14-31(29(24)15-28(22)30)37-19-27(36)18-35-17-25(16-34-35)20-5-2-1-3-6-20/h1-11,13,15-17,27,31,36H,12,14,18-19H2. The summed E-state index contributed by atoms with van der Waals surface area (Å²) in [5, 5.41) is 17.5. The van der Waals surface area contributed by atoms with Crippen LogP contribution in [0.1, 0.15) is 28.4 Å². The molecule has 2 atom stereocenters. The number of halogens is 2. The number of benzene rings is 4. The van der Waals surface area contributed by atoms with Gasteiger partial charge in [0, 0.05) is 22.7 Å². The summed E-state index contributed by atoms with van der Waals surface area (Å²) in [5.74, 6) is -0.229. The Labute approximate surface area is 223 Å². The van der Waals surface area contributed by atoms with E-state index >= 15 is 0 Å². The van der Waals surface area contributed by atoms with Gasteiger partial charge in [-0.05, 0) is 69.3 Å². The van der Waals surface area contributed by atoms with Crippen LogP contribution in [-0.2, 0) is 24.1 Å². The van der Waals surface area contributed by atoms with Crippen molar-refractivity contribution in [3.05, 3.63) is 124 Å². The number of aliphatic hydroxyl groups excluding tert-OH is 1. The van der Waals surface area contributed by atoms with Crippen LogP contribution in [0.4, 0.5) is 4.39 Å². The van der Waals surface area contributed by atoms with E-state index in [1.807, 2.05) is 60.9 Å². The Hall–Kier alpha value is -3.32. The normalized spacial score (nSPS) is 15.7. The van der Waals surface area contributed by atoms with Gasteiger partial charge in [0.2, 0.25) is 0 Å². The molecule has 0 spiro atoms. The Morgan fingerprint density at radius 1 is 0.973 bits per heavy atom. The molecule has 4 nitrogen and oxygen atoms in total. The van der Waals surface area contributed by atoms with Gasteiger partial charge in [0.05, 0.1) is 31.6 Å². The second-order valence-corrected chi connectivity index (χ2v) is 10.5. The quantitative estimate of drug-likeness (QED) is 0.248. The van der Waals surface area contributed by atoms with Crippen LogP contribution in [-0.4, -0.2) is 27.6 Å². The van der Waals surface area contributed by atoms with E-state index in [2.05, 4.69) is 39.2 Å². The largest absolute Gasteiger partial charge is 0.389 e. The first kappa shape index (κ1) is 24.0. The molecule has 1 heterocycles. The summed E-state index contributed by atoms with van der Waals surface area (Å²) in [6, 6.07) is 25.5. The molecule has 186 valence electrons. The highest BCUT2D eigenvalue weighted by Crippen LogP contribution is 2.37. The Morgan fingerprint density at radius 3 is 2.70 bits per heavy atom. The fourth-order valence-corrected chi connectivity index (χ4v) is 5.66. The van der Waals surface area contributed by atoms with Gasteiger partial charge >= 0.3 is 0 Å². The average Bonchev–Trinajstić information content (AvgIpc) is 3.30. The lowest BCUT2D eigenvalue weighted by atomic mass is 9.95. The van der Waals surface area contributed by atoms with Crippen molar-refractivity contribution in [1.29, 1.82) is 0 Å². The van der Waals surface area contributed by atoms with E-state index in [1.165, 1.54) is 6.07 Å². The Kier molecular flexibility index (Phi) is 6.63. The van der Waals surface area contributed by atoms with Crippen LogP contribution in [0.25, 0.3) is 21.9 Å². The summed E-state index contributed by atoms with van der Waals surface area (Å²) >= 11 is 3.68. The molecule has 1 N–H and O–H groups in total. The van der Waals surface area contributed by atoms with Crippen molar-refractivity contribution in [2.24, 2.45) is 0 Å². The van der Waals surface area contributed by atoms with Crippen molar-refractivity contribution in [2.45, 2.75) is 31.6 Å². The monoisotopic (exact) mass is 556 g/mol. The molecular weight excluding hydrogens is 531 g/mol. The maximum atomic E-state index is 14.1. The third kappa shape index (κ3) is 5.10. The Morgan fingerprint density at radius 2 is 1.84 bits per heavy atom. The second-order valence-electron chi connectivity index (χ2n) is 9.60. The number of aromatic nitrogens is 2.